The highest BCUT2D eigenvalue weighted by Crippen LogP contribution is 2.18. The van der Waals surface area contributed by atoms with Crippen LogP contribution in [-0.2, 0) is 6.54 Å². The van der Waals surface area contributed by atoms with Crippen molar-refractivity contribution in [2.24, 2.45) is 0 Å². The van der Waals surface area contributed by atoms with Crippen molar-refractivity contribution in [3.63, 3.8) is 0 Å². The monoisotopic (exact) mass is 334 g/mol. The number of carbonyl (C=O) groups is 1. The number of aromatic carboxylic acids is 1. The van der Waals surface area contributed by atoms with Crippen LogP contribution >= 0.6 is 11.3 Å². The molecule has 2 heterocycles. The minimum Gasteiger partial charge on any atom is -0.477 e. The van der Waals surface area contributed by atoms with Gasteiger partial charge in [0.2, 0.25) is 0 Å². The number of aromatic nitrogens is 2. The first kappa shape index (κ1) is 15.2. The van der Waals surface area contributed by atoms with E-state index in [1.807, 2.05) is 0 Å². The van der Waals surface area contributed by atoms with E-state index in [0.717, 1.165) is 20.3 Å². The molecule has 0 saturated heterocycles. The molecule has 3 aromatic rings. The summed E-state index contributed by atoms with van der Waals surface area (Å²) in [6.45, 7) is 1.44. The molecule has 6 nitrogen and oxygen atoms in total. The summed E-state index contributed by atoms with van der Waals surface area (Å²) in [5.74, 6) is -1.63. The number of hydrogen-bond donors (Lipinski definition) is 1. The van der Waals surface area contributed by atoms with E-state index in [9.17, 15) is 18.8 Å². The van der Waals surface area contributed by atoms with E-state index < -0.39 is 23.0 Å². The molecule has 0 atom stereocenters. The second kappa shape index (κ2) is 5.47. The van der Waals surface area contributed by atoms with Gasteiger partial charge in [0.15, 0.2) is 0 Å². The van der Waals surface area contributed by atoms with Gasteiger partial charge in [-0.1, -0.05) is 12.1 Å². The first-order chi connectivity index (χ1) is 10.9. The van der Waals surface area contributed by atoms with Crippen molar-refractivity contribution in [3.05, 3.63) is 73.1 Å². The smallest absolute Gasteiger partial charge is 0.347 e. The van der Waals surface area contributed by atoms with E-state index in [2.05, 4.69) is 0 Å². The van der Waals surface area contributed by atoms with Crippen LogP contribution in [0.4, 0.5) is 4.39 Å². The summed E-state index contributed by atoms with van der Waals surface area (Å²) in [6.07, 6.45) is 1.19. The zero-order chi connectivity index (χ0) is 16.7. The van der Waals surface area contributed by atoms with Gasteiger partial charge in [0.25, 0.3) is 5.56 Å². The van der Waals surface area contributed by atoms with Crippen molar-refractivity contribution in [1.29, 1.82) is 0 Å². The van der Waals surface area contributed by atoms with E-state index in [1.54, 1.807) is 6.07 Å². The molecule has 23 heavy (non-hydrogen) atoms. The zero-order valence-corrected chi connectivity index (χ0v) is 12.8. The van der Waals surface area contributed by atoms with Gasteiger partial charge < -0.3 is 5.11 Å². The Morgan fingerprint density at radius 1 is 1.35 bits per heavy atom. The van der Waals surface area contributed by atoms with Gasteiger partial charge in [-0.2, -0.15) is 0 Å². The van der Waals surface area contributed by atoms with Gasteiger partial charge in [-0.3, -0.25) is 13.8 Å². The molecule has 118 valence electrons. The van der Waals surface area contributed by atoms with Crippen LogP contribution in [-0.4, -0.2) is 20.0 Å². The Kier molecular flexibility index (Phi) is 3.61. The van der Waals surface area contributed by atoms with Crippen LogP contribution in [0.3, 0.4) is 0 Å². The van der Waals surface area contributed by atoms with E-state index in [1.165, 1.54) is 31.3 Å². The Morgan fingerprint density at radius 2 is 2.09 bits per heavy atom. The predicted octanol–water partition coefficient (Wildman–Crippen LogP) is 1.72. The molecule has 0 saturated carbocycles. The molecule has 0 radical (unpaired) electrons. The van der Waals surface area contributed by atoms with Crippen molar-refractivity contribution in [2.75, 3.05) is 0 Å². The highest BCUT2D eigenvalue weighted by Gasteiger charge is 2.17. The lowest BCUT2D eigenvalue weighted by Crippen LogP contribution is -2.38. The highest BCUT2D eigenvalue weighted by atomic mass is 32.1. The summed E-state index contributed by atoms with van der Waals surface area (Å²) in [6, 6.07) is 5.61. The number of aryl methyl sites for hydroxylation is 1. The molecule has 0 unspecified atom stereocenters. The molecular weight excluding hydrogens is 323 g/mol. The summed E-state index contributed by atoms with van der Waals surface area (Å²) in [5, 5.41) is 9.04. The van der Waals surface area contributed by atoms with E-state index in [4.69, 9.17) is 5.11 Å². The van der Waals surface area contributed by atoms with E-state index >= 15 is 0 Å². The fraction of sp³-hybridized carbons (Fsp3) is 0.133. The SMILES string of the molecule is Cc1c(=O)n(Cc2cccc(F)c2)c(=O)n2cc(C(=O)O)sc12. The first-order valence-corrected chi connectivity index (χ1v) is 7.43. The predicted molar refractivity (Wildman–Crippen MR) is 83.0 cm³/mol. The molecule has 2 aromatic heterocycles. The number of hydrogen-bond acceptors (Lipinski definition) is 4. The van der Waals surface area contributed by atoms with Crippen molar-refractivity contribution in [3.8, 4) is 0 Å². The van der Waals surface area contributed by atoms with Crippen LogP contribution in [0.25, 0.3) is 4.83 Å². The fourth-order valence-corrected chi connectivity index (χ4v) is 3.25. The summed E-state index contributed by atoms with van der Waals surface area (Å²) in [5.41, 5.74) is -0.419. The fourth-order valence-electron chi connectivity index (χ4n) is 2.32. The van der Waals surface area contributed by atoms with E-state index in [0.29, 0.717) is 10.4 Å². The Morgan fingerprint density at radius 3 is 2.74 bits per heavy atom. The summed E-state index contributed by atoms with van der Waals surface area (Å²) in [7, 11) is 0. The topological polar surface area (TPSA) is 80.8 Å². The molecule has 0 amide bonds. The Hall–Kier alpha value is -2.74. The Labute approximate surface area is 132 Å². The first-order valence-electron chi connectivity index (χ1n) is 6.62. The lowest BCUT2D eigenvalue weighted by molar-refractivity contribution is 0.0701. The van der Waals surface area contributed by atoms with Gasteiger partial charge >= 0.3 is 11.7 Å². The van der Waals surface area contributed by atoms with Gasteiger partial charge in [-0.05, 0) is 24.6 Å². The summed E-state index contributed by atoms with van der Waals surface area (Å²) in [4.78, 5) is 36.2. The number of carboxylic acids is 1. The number of fused-ring (bicyclic) bond motifs is 1. The third kappa shape index (κ3) is 2.57. The van der Waals surface area contributed by atoms with Gasteiger partial charge in [0, 0.05) is 11.8 Å². The second-order valence-electron chi connectivity index (χ2n) is 5.00. The molecule has 0 fully saturated rings. The third-order valence-corrected chi connectivity index (χ3v) is 4.63. The number of thiazole rings is 1. The number of benzene rings is 1. The van der Waals surface area contributed by atoms with Crippen molar-refractivity contribution < 1.29 is 14.3 Å². The second-order valence-corrected chi connectivity index (χ2v) is 6.04. The molecule has 0 aliphatic rings. The van der Waals surface area contributed by atoms with Crippen molar-refractivity contribution >= 4 is 22.1 Å². The minimum absolute atomic E-state index is 0.0342. The van der Waals surface area contributed by atoms with Crippen molar-refractivity contribution in [2.45, 2.75) is 13.5 Å². The standard InChI is InChI=1S/C15H11FN2O4S/c1-8-12(19)17(6-9-3-2-4-10(16)5-9)15(22)18-7-11(14(20)21)23-13(8)18/h2-5,7H,6H2,1H3,(H,20,21). The van der Waals surface area contributed by atoms with Gasteiger partial charge in [0.05, 0.1) is 6.54 Å². The summed E-state index contributed by atoms with van der Waals surface area (Å²) >= 11 is 0.868. The number of nitrogens with zero attached hydrogens (tertiary/aromatic N) is 2. The minimum atomic E-state index is -1.17. The normalized spacial score (nSPS) is 11.0. The average Bonchev–Trinajstić information content (AvgIpc) is 2.95. The zero-order valence-electron chi connectivity index (χ0n) is 11.9. The van der Waals surface area contributed by atoms with Crippen LogP contribution < -0.4 is 11.2 Å². The molecule has 0 aliphatic heterocycles. The number of halogens is 1. The Balaban J connectivity index is 2.23. The van der Waals surface area contributed by atoms with Crippen LogP contribution in [0.5, 0.6) is 0 Å². The third-order valence-electron chi connectivity index (χ3n) is 3.44. The van der Waals surface area contributed by atoms with Gasteiger partial charge in [0.1, 0.15) is 15.5 Å². The van der Waals surface area contributed by atoms with Crippen LogP contribution in [0.15, 0.2) is 40.1 Å². The molecule has 3 rings (SSSR count). The highest BCUT2D eigenvalue weighted by molar-refractivity contribution is 7.19. The maximum Gasteiger partial charge on any atom is 0.347 e. The van der Waals surface area contributed by atoms with Gasteiger partial charge in [-0.25, -0.2) is 14.0 Å². The molecule has 8 heteroatoms. The lowest BCUT2D eigenvalue weighted by Gasteiger charge is -2.07. The molecule has 0 bridgehead atoms. The van der Waals surface area contributed by atoms with Crippen molar-refractivity contribution in [1.82, 2.24) is 8.97 Å². The average molecular weight is 334 g/mol. The molecule has 1 aromatic carbocycles. The lowest BCUT2D eigenvalue weighted by atomic mass is 10.2. The largest absolute Gasteiger partial charge is 0.477 e. The quantitative estimate of drug-likeness (QED) is 0.791. The molecule has 0 aliphatic carbocycles. The van der Waals surface area contributed by atoms with Crippen LogP contribution in [0, 0.1) is 12.7 Å². The summed E-state index contributed by atoms with van der Waals surface area (Å²) < 4.78 is 15.4. The number of rotatable bonds is 3. The maximum atomic E-state index is 13.3. The van der Waals surface area contributed by atoms with Crippen LogP contribution in [0.2, 0.25) is 0 Å². The van der Waals surface area contributed by atoms with Crippen LogP contribution in [0.1, 0.15) is 20.8 Å². The maximum absolute atomic E-state index is 13.3. The Bertz CT molecular complexity index is 1050. The van der Waals surface area contributed by atoms with E-state index in [-0.39, 0.29) is 17.0 Å². The number of carboxylic acid groups (broad SMARTS) is 1. The molecule has 1 N–H and O–H groups in total. The molecular formula is C15H11FN2O4S. The van der Waals surface area contributed by atoms with Gasteiger partial charge in [-0.15, -0.1) is 11.3 Å². The molecule has 0 spiro atoms.